The molecule has 1 N–H and O–H groups in total. The molecule has 0 aliphatic carbocycles. The van der Waals surface area contributed by atoms with Gasteiger partial charge >= 0.3 is 0 Å². The zero-order valence-corrected chi connectivity index (χ0v) is 10.4. The van der Waals surface area contributed by atoms with Gasteiger partial charge in [-0.1, -0.05) is 44.2 Å². The Kier molecular flexibility index (Phi) is 4.00. The molecule has 0 aromatic heterocycles. The Labute approximate surface area is 99.3 Å². The fourth-order valence-electron chi connectivity index (χ4n) is 2.77. The van der Waals surface area contributed by atoms with Crippen molar-refractivity contribution in [1.82, 2.24) is 5.32 Å². The first-order valence-electron chi connectivity index (χ1n) is 6.53. The summed E-state index contributed by atoms with van der Waals surface area (Å²) in [6, 6.07) is 11.6. The summed E-state index contributed by atoms with van der Waals surface area (Å²) in [4.78, 5) is 0. The fourth-order valence-corrected chi connectivity index (χ4v) is 2.77. The topological polar surface area (TPSA) is 12.0 Å². The number of rotatable bonds is 4. The minimum Gasteiger partial charge on any atom is -0.314 e. The first-order valence-corrected chi connectivity index (χ1v) is 6.53. The average Bonchev–Trinajstić information content (AvgIpc) is 2.66. The minimum atomic E-state index is 0.736. The third-order valence-electron chi connectivity index (χ3n) is 3.56. The molecule has 0 saturated carbocycles. The van der Waals surface area contributed by atoms with Gasteiger partial charge in [0.05, 0.1) is 0 Å². The van der Waals surface area contributed by atoms with E-state index in [0.29, 0.717) is 0 Å². The average molecular weight is 217 g/mol. The molecular formula is C15H23N. The molecule has 0 spiro atoms. The normalized spacial score (nSPS) is 25.2. The highest BCUT2D eigenvalue weighted by Gasteiger charge is 2.26. The summed E-state index contributed by atoms with van der Waals surface area (Å²) in [5.74, 6) is 1.64. The Morgan fingerprint density at radius 2 is 2.00 bits per heavy atom. The Bertz CT molecular complexity index is 304. The highest BCUT2D eigenvalue weighted by Crippen LogP contribution is 2.25. The molecule has 1 heterocycles. The summed E-state index contributed by atoms with van der Waals surface area (Å²) in [5.41, 5.74) is 1.49. The molecule has 1 aliphatic rings. The number of hydrogen-bond donors (Lipinski definition) is 1. The van der Waals surface area contributed by atoms with E-state index >= 15 is 0 Å². The van der Waals surface area contributed by atoms with Crippen LogP contribution in [0, 0.1) is 11.8 Å². The molecule has 1 heteroatoms. The van der Waals surface area contributed by atoms with Crippen molar-refractivity contribution in [1.29, 1.82) is 0 Å². The van der Waals surface area contributed by atoms with Gasteiger partial charge in [0.25, 0.3) is 0 Å². The molecule has 0 radical (unpaired) electrons. The molecule has 1 aromatic carbocycles. The zero-order valence-electron chi connectivity index (χ0n) is 10.4. The van der Waals surface area contributed by atoms with Gasteiger partial charge in [0, 0.05) is 6.04 Å². The van der Waals surface area contributed by atoms with Crippen molar-refractivity contribution < 1.29 is 0 Å². The van der Waals surface area contributed by atoms with Crippen LogP contribution in [0.2, 0.25) is 0 Å². The van der Waals surface area contributed by atoms with Gasteiger partial charge in [-0.15, -0.1) is 0 Å². The third-order valence-corrected chi connectivity index (χ3v) is 3.56. The molecule has 0 amide bonds. The molecule has 1 saturated heterocycles. The lowest BCUT2D eigenvalue weighted by Crippen LogP contribution is -2.29. The van der Waals surface area contributed by atoms with E-state index in [1.165, 1.54) is 31.4 Å². The van der Waals surface area contributed by atoms with Crippen molar-refractivity contribution in [3.8, 4) is 0 Å². The Balaban J connectivity index is 1.93. The van der Waals surface area contributed by atoms with Crippen LogP contribution in [0.4, 0.5) is 0 Å². The van der Waals surface area contributed by atoms with Gasteiger partial charge < -0.3 is 5.32 Å². The number of nitrogens with one attached hydrogen (secondary N) is 1. The van der Waals surface area contributed by atoms with Gasteiger partial charge in [-0.2, -0.15) is 0 Å². The third kappa shape index (κ3) is 3.08. The molecule has 1 aromatic rings. The van der Waals surface area contributed by atoms with Crippen LogP contribution in [0.25, 0.3) is 0 Å². The molecule has 88 valence electrons. The molecule has 0 unspecified atom stereocenters. The monoisotopic (exact) mass is 217 g/mol. The maximum atomic E-state index is 3.66. The van der Waals surface area contributed by atoms with E-state index in [1.54, 1.807) is 0 Å². The minimum absolute atomic E-state index is 0.736. The molecule has 0 bridgehead atoms. The van der Waals surface area contributed by atoms with Gasteiger partial charge in [-0.3, -0.25) is 0 Å². The highest BCUT2D eigenvalue weighted by molar-refractivity contribution is 5.16. The second-order valence-electron chi connectivity index (χ2n) is 5.43. The van der Waals surface area contributed by atoms with Crippen LogP contribution in [0.3, 0.4) is 0 Å². The smallest absolute Gasteiger partial charge is 0.0101 e. The molecule has 16 heavy (non-hydrogen) atoms. The maximum absolute atomic E-state index is 3.66. The summed E-state index contributed by atoms with van der Waals surface area (Å²) in [6.45, 7) is 5.84. The fraction of sp³-hybridized carbons (Fsp3) is 0.600. The number of hydrogen-bond acceptors (Lipinski definition) is 1. The first kappa shape index (κ1) is 11.7. The van der Waals surface area contributed by atoms with Gasteiger partial charge in [0.1, 0.15) is 0 Å². The summed E-state index contributed by atoms with van der Waals surface area (Å²) < 4.78 is 0. The summed E-state index contributed by atoms with van der Waals surface area (Å²) in [7, 11) is 0. The summed E-state index contributed by atoms with van der Waals surface area (Å²) in [5, 5.41) is 3.66. The van der Waals surface area contributed by atoms with Gasteiger partial charge in [0.15, 0.2) is 0 Å². The lowest BCUT2D eigenvalue weighted by atomic mass is 9.88. The Morgan fingerprint density at radius 1 is 1.25 bits per heavy atom. The lowest BCUT2D eigenvalue weighted by Gasteiger charge is -2.21. The van der Waals surface area contributed by atoms with Gasteiger partial charge in [0.2, 0.25) is 0 Å². The van der Waals surface area contributed by atoms with E-state index in [0.717, 1.165) is 17.9 Å². The SMILES string of the molecule is CC(C)C[C@H]1NCC[C@@H]1Cc1ccccc1. The molecule has 2 rings (SSSR count). The van der Waals surface area contributed by atoms with Gasteiger partial charge in [-0.25, -0.2) is 0 Å². The second kappa shape index (κ2) is 5.49. The standard InChI is InChI=1S/C15H23N/c1-12(2)10-15-14(8-9-16-15)11-13-6-4-3-5-7-13/h3-7,12,14-16H,8-11H2,1-2H3/t14-,15-/m1/s1. The van der Waals surface area contributed by atoms with E-state index in [9.17, 15) is 0 Å². The van der Waals surface area contributed by atoms with Crippen LogP contribution < -0.4 is 5.32 Å². The van der Waals surface area contributed by atoms with Crippen molar-refractivity contribution in [2.45, 2.75) is 39.2 Å². The van der Waals surface area contributed by atoms with E-state index in [4.69, 9.17) is 0 Å². The van der Waals surface area contributed by atoms with Crippen molar-refractivity contribution in [3.63, 3.8) is 0 Å². The Hall–Kier alpha value is -0.820. The van der Waals surface area contributed by atoms with Crippen molar-refractivity contribution in [2.75, 3.05) is 6.54 Å². The first-order chi connectivity index (χ1) is 7.75. The van der Waals surface area contributed by atoms with Crippen LogP contribution in [0.5, 0.6) is 0 Å². The molecule has 2 atom stereocenters. The molecule has 1 nitrogen and oxygen atoms in total. The lowest BCUT2D eigenvalue weighted by molar-refractivity contribution is 0.375. The second-order valence-corrected chi connectivity index (χ2v) is 5.43. The predicted molar refractivity (Wildman–Crippen MR) is 69.5 cm³/mol. The molecular weight excluding hydrogens is 194 g/mol. The summed E-state index contributed by atoms with van der Waals surface area (Å²) in [6.07, 6.45) is 3.90. The van der Waals surface area contributed by atoms with Crippen molar-refractivity contribution >= 4 is 0 Å². The van der Waals surface area contributed by atoms with E-state index < -0.39 is 0 Å². The van der Waals surface area contributed by atoms with E-state index in [-0.39, 0.29) is 0 Å². The molecule has 1 aliphatic heterocycles. The molecule has 1 fully saturated rings. The quantitative estimate of drug-likeness (QED) is 0.816. The summed E-state index contributed by atoms with van der Waals surface area (Å²) >= 11 is 0. The van der Waals surface area contributed by atoms with Crippen molar-refractivity contribution in [2.24, 2.45) is 11.8 Å². The highest BCUT2D eigenvalue weighted by atomic mass is 14.9. The number of benzene rings is 1. The van der Waals surface area contributed by atoms with Crippen LogP contribution in [-0.2, 0) is 6.42 Å². The van der Waals surface area contributed by atoms with Crippen LogP contribution >= 0.6 is 0 Å². The van der Waals surface area contributed by atoms with Crippen LogP contribution in [-0.4, -0.2) is 12.6 Å². The van der Waals surface area contributed by atoms with Crippen LogP contribution in [0.1, 0.15) is 32.3 Å². The Morgan fingerprint density at radius 3 is 2.69 bits per heavy atom. The maximum Gasteiger partial charge on any atom is 0.0101 e. The van der Waals surface area contributed by atoms with E-state index in [2.05, 4.69) is 49.5 Å². The van der Waals surface area contributed by atoms with Crippen LogP contribution in [0.15, 0.2) is 30.3 Å². The predicted octanol–water partition coefficient (Wildman–Crippen LogP) is 3.25. The van der Waals surface area contributed by atoms with E-state index in [1.807, 2.05) is 0 Å². The zero-order chi connectivity index (χ0) is 11.4. The largest absolute Gasteiger partial charge is 0.314 e. The van der Waals surface area contributed by atoms with Crippen molar-refractivity contribution in [3.05, 3.63) is 35.9 Å². The van der Waals surface area contributed by atoms with Gasteiger partial charge in [-0.05, 0) is 43.2 Å².